The number of carbonyl (C=O) groups is 2. The highest BCUT2D eigenvalue weighted by atomic mass is 16.5. The summed E-state index contributed by atoms with van der Waals surface area (Å²) < 4.78 is 5.54. The Morgan fingerprint density at radius 1 is 1.27 bits per heavy atom. The van der Waals surface area contributed by atoms with Crippen molar-refractivity contribution in [2.75, 3.05) is 11.9 Å². The van der Waals surface area contributed by atoms with Crippen molar-refractivity contribution in [1.29, 1.82) is 0 Å². The summed E-state index contributed by atoms with van der Waals surface area (Å²) in [6.45, 7) is 2.65. The molecule has 2 N–H and O–H groups in total. The number of amides is 1. The molecule has 5 nitrogen and oxygen atoms in total. The van der Waals surface area contributed by atoms with E-state index in [0.29, 0.717) is 30.9 Å². The normalized spacial score (nSPS) is 21.1. The summed E-state index contributed by atoms with van der Waals surface area (Å²) >= 11 is 0. The molecule has 0 bridgehead atoms. The van der Waals surface area contributed by atoms with Crippen molar-refractivity contribution in [3.63, 3.8) is 0 Å². The van der Waals surface area contributed by atoms with E-state index in [9.17, 15) is 14.7 Å². The number of aliphatic carboxylic acids is 1. The molecule has 1 aliphatic rings. The largest absolute Gasteiger partial charge is 0.494 e. The van der Waals surface area contributed by atoms with E-state index in [0.717, 1.165) is 19.3 Å². The van der Waals surface area contributed by atoms with Crippen LogP contribution in [-0.4, -0.2) is 23.6 Å². The lowest BCUT2D eigenvalue weighted by Gasteiger charge is -2.27. The van der Waals surface area contributed by atoms with Crippen molar-refractivity contribution in [3.8, 4) is 5.75 Å². The van der Waals surface area contributed by atoms with Crippen LogP contribution in [0.2, 0.25) is 0 Å². The van der Waals surface area contributed by atoms with Crippen LogP contribution < -0.4 is 10.1 Å². The standard InChI is InChI=1S/C17H23NO4/c1-2-10-22-13-7-5-6-12(11-13)18-16(19)14-8-3-4-9-15(14)17(20)21/h5-7,11,14-15H,2-4,8-10H2,1H3,(H,18,19)(H,20,21)/t14-,15-/m0/s1. The van der Waals surface area contributed by atoms with E-state index < -0.39 is 17.8 Å². The molecule has 0 aliphatic heterocycles. The van der Waals surface area contributed by atoms with E-state index in [2.05, 4.69) is 5.32 Å². The fraction of sp³-hybridized carbons (Fsp3) is 0.529. The van der Waals surface area contributed by atoms with Gasteiger partial charge in [0.25, 0.3) is 0 Å². The topological polar surface area (TPSA) is 75.6 Å². The summed E-state index contributed by atoms with van der Waals surface area (Å²) in [5.41, 5.74) is 0.647. The lowest BCUT2D eigenvalue weighted by molar-refractivity contribution is -0.147. The summed E-state index contributed by atoms with van der Waals surface area (Å²) in [5, 5.41) is 12.1. The molecule has 1 fully saturated rings. The van der Waals surface area contributed by atoms with Crippen LogP contribution in [0.25, 0.3) is 0 Å². The van der Waals surface area contributed by atoms with E-state index in [4.69, 9.17) is 4.74 Å². The van der Waals surface area contributed by atoms with Crippen molar-refractivity contribution in [1.82, 2.24) is 0 Å². The first kappa shape index (κ1) is 16.3. The second kappa shape index (κ2) is 7.82. The molecule has 1 aromatic carbocycles. The summed E-state index contributed by atoms with van der Waals surface area (Å²) in [6, 6.07) is 7.21. The Morgan fingerprint density at radius 2 is 2.00 bits per heavy atom. The zero-order chi connectivity index (χ0) is 15.9. The summed E-state index contributed by atoms with van der Waals surface area (Å²) in [5.74, 6) is -1.41. The van der Waals surface area contributed by atoms with Gasteiger partial charge in [0.2, 0.25) is 5.91 Å². The molecule has 1 saturated carbocycles. The van der Waals surface area contributed by atoms with Crippen molar-refractivity contribution < 1.29 is 19.4 Å². The van der Waals surface area contributed by atoms with Gasteiger partial charge in [0.1, 0.15) is 5.75 Å². The van der Waals surface area contributed by atoms with Crippen molar-refractivity contribution in [2.45, 2.75) is 39.0 Å². The Bertz CT molecular complexity index is 529. The molecule has 5 heteroatoms. The second-order valence-electron chi connectivity index (χ2n) is 5.70. The average molecular weight is 305 g/mol. The maximum Gasteiger partial charge on any atom is 0.307 e. The number of carbonyl (C=O) groups excluding carboxylic acids is 1. The molecule has 22 heavy (non-hydrogen) atoms. The number of anilines is 1. The quantitative estimate of drug-likeness (QED) is 0.845. The third-order valence-electron chi connectivity index (χ3n) is 3.99. The van der Waals surface area contributed by atoms with Crippen LogP contribution in [0.5, 0.6) is 5.75 Å². The van der Waals surface area contributed by atoms with Gasteiger partial charge in [-0.05, 0) is 31.4 Å². The molecule has 2 rings (SSSR count). The Kier molecular flexibility index (Phi) is 5.81. The first-order valence-electron chi connectivity index (χ1n) is 7.88. The lowest BCUT2D eigenvalue weighted by Crippen LogP contribution is -2.36. The second-order valence-corrected chi connectivity index (χ2v) is 5.70. The molecule has 0 aromatic heterocycles. The molecule has 0 saturated heterocycles. The Morgan fingerprint density at radius 3 is 2.68 bits per heavy atom. The molecule has 0 spiro atoms. The number of hydrogen-bond acceptors (Lipinski definition) is 3. The third kappa shape index (κ3) is 4.23. The zero-order valence-corrected chi connectivity index (χ0v) is 12.9. The Hall–Kier alpha value is -2.04. The van der Waals surface area contributed by atoms with Gasteiger partial charge in [-0.1, -0.05) is 25.8 Å². The first-order chi connectivity index (χ1) is 10.6. The highest BCUT2D eigenvalue weighted by molar-refractivity contribution is 5.95. The van der Waals surface area contributed by atoms with Crippen LogP contribution in [0.4, 0.5) is 5.69 Å². The van der Waals surface area contributed by atoms with Crippen LogP contribution in [0.3, 0.4) is 0 Å². The molecular weight excluding hydrogens is 282 g/mol. The van der Waals surface area contributed by atoms with E-state index >= 15 is 0 Å². The number of hydrogen-bond donors (Lipinski definition) is 2. The van der Waals surface area contributed by atoms with Gasteiger partial charge in [0.15, 0.2) is 0 Å². The van der Waals surface area contributed by atoms with Crippen LogP contribution in [0.15, 0.2) is 24.3 Å². The zero-order valence-electron chi connectivity index (χ0n) is 12.9. The summed E-state index contributed by atoms with van der Waals surface area (Å²) in [6.07, 6.45) is 3.91. The molecule has 1 amide bonds. The predicted molar refractivity (Wildman–Crippen MR) is 83.9 cm³/mol. The number of benzene rings is 1. The van der Waals surface area contributed by atoms with Gasteiger partial charge in [-0.2, -0.15) is 0 Å². The fourth-order valence-electron chi connectivity index (χ4n) is 2.86. The molecule has 2 atom stereocenters. The van der Waals surface area contributed by atoms with Gasteiger partial charge < -0.3 is 15.2 Å². The van der Waals surface area contributed by atoms with E-state index in [1.165, 1.54) is 0 Å². The van der Waals surface area contributed by atoms with Gasteiger partial charge in [-0.15, -0.1) is 0 Å². The first-order valence-corrected chi connectivity index (χ1v) is 7.88. The van der Waals surface area contributed by atoms with Crippen LogP contribution >= 0.6 is 0 Å². The van der Waals surface area contributed by atoms with E-state index in [1.54, 1.807) is 12.1 Å². The minimum absolute atomic E-state index is 0.209. The lowest BCUT2D eigenvalue weighted by atomic mass is 9.78. The summed E-state index contributed by atoms with van der Waals surface area (Å²) in [4.78, 5) is 23.7. The molecule has 120 valence electrons. The van der Waals surface area contributed by atoms with Crippen molar-refractivity contribution in [2.24, 2.45) is 11.8 Å². The maximum absolute atomic E-state index is 12.4. The number of nitrogens with one attached hydrogen (secondary N) is 1. The Balaban J connectivity index is 2.02. The molecule has 1 aliphatic carbocycles. The molecule has 0 radical (unpaired) electrons. The Labute approximate surface area is 130 Å². The van der Waals surface area contributed by atoms with Gasteiger partial charge >= 0.3 is 5.97 Å². The molecule has 0 heterocycles. The van der Waals surface area contributed by atoms with Crippen LogP contribution in [-0.2, 0) is 9.59 Å². The highest BCUT2D eigenvalue weighted by Gasteiger charge is 2.35. The smallest absolute Gasteiger partial charge is 0.307 e. The van der Waals surface area contributed by atoms with Gasteiger partial charge in [-0.25, -0.2) is 0 Å². The van der Waals surface area contributed by atoms with Gasteiger partial charge in [0, 0.05) is 11.8 Å². The average Bonchev–Trinajstić information content (AvgIpc) is 2.53. The van der Waals surface area contributed by atoms with Crippen LogP contribution in [0.1, 0.15) is 39.0 Å². The monoisotopic (exact) mass is 305 g/mol. The van der Waals surface area contributed by atoms with Gasteiger partial charge in [0.05, 0.1) is 18.4 Å². The summed E-state index contributed by atoms with van der Waals surface area (Å²) in [7, 11) is 0. The van der Waals surface area contributed by atoms with Gasteiger partial charge in [-0.3, -0.25) is 9.59 Å². The highest BCUT2D eigenvalue weighted by Crippen LogP contribution is 2.31. The fourth-order valence-corrected chi connectivity index (χ4v) is 2.86. The SMILES string of the molecule is CCCOc1cccc(NC(=O)[C@H]2CCCC[C@@H]2C(=O)O)c1. The maximum atomic E-state index is 12.4. The minimum atomic E-state index is -0.875. The van der Waals surface area contributed by atoms with E-state index in [-0.39, 0.29) is 5.91 Å². The number of carboxylic acids is 1. The van der Waals surface area contributed by atoms with Crippen molar-refractivity contribution in [3.05, 3.63) is 24.3 Å². The molecule has 0 unspecified atom stereocenters. The minimum Gasteiger partial charge on any atom is -0.494 e. The predicted octanol–water partition coefficient (Wildman–Crippen LogP) is 3.30. The molecule has 1 aromatic rings. The molecular formula is C17H23NO4. The number of ether oxygens (including phenoxy) is 1. The van der Waals surface area contributed by atoms with Crippen LogP contribution in [0, 0.1) is 11.8 Å². The van der Waals surface area contributed by atoms with E-state index in [1.807, 2.05) is 19.1 Å². The number of carboxylic acid groups (broad SMARTS) is 1. The number of rotatable bonds is 6. The third-order valence-corrected chi connectivity index (χ3v) is 3.99. The van der Waals surface area contributed by atoms with Crippen molar-refractivity contribution >= 4 is 17.6 Å².